The number of benzene rings is 2. The number of para-hydroxylation sites is 1. The highest BCUT2D eigenvalue weighted by atomic mass is 35.5. The zero-order valence-corrected chi connectivity index (χ0v) is 17.1. The molecule has 0 aliphatic carbocycles. The van der Waals surface area contributed by atoms with Gasteiger partial charge in [-0.3, -0.25) is 9.69 Å². The van der Waals surface area contributed by atoms with E-state index in [-0.39, 0.29) is 12.0 Å². The van der Waals surface area contributed by atoms with Crippen molar-refractivity contribution < 1.29 is 14.3 Å². The number of fused-ring (bicyclic) bond motifs is 1. The second kappa shape index (κ2) is 8.47. The van der Waals surface area contributed by atoms with Crippen molar-refractivity contribution >= 4 is 44.2 Å². The van der Waals surface area contributed by atoms with Crippen LogP contribution in [-0.4, -0.2) is 36.8 Å². The van der Waals surface area contributed by atoms with Gasteiger partial charge in [0.15, 0.2) is 5.13 Å². The molecule has 7 heteroatoms. The average molecular weight is 417 g/mol. The van der Waals surface area contributed by atoms with Crippen molar-refractivity contribution in [1.82, 2.24) is 4.98 Å². The average Bonchev–Trinajstić information content (AvgIpc) is 3.36. The van der Waals surface area contributed by atoms with Gasteiger partial charge in [-0.1, -0.05) is 29.0 Å². The summed E-state index contributed by atoms with van der Waals surface area (Å²) in [5.74, 6) is 0.627. The Morgan fingerprint density at radius 3 is 2.86 bits per heavy atom. The molecule has 1 fully saturated rings. The molecule has 1 aliphatic rings. The van der Waals surface area contributed by atoms with E-state index in [0.717, 1.165) is 35.4 Å². The number of carbonyl (C=O) groups excluding carboxylic acids is 1. The maximum Gasteiger partial charge on any atom is 0.260 e. The van der Waals surface area contributed by atoms with Gasteiger partial charge in [0, 0.05) is 17.2 Å². The molecule has 1 atom stereocenters. The van der Waals surface area contributed by atoms with Crippen molar-refractivity contribution in [2.45, 2.75) is 25.9 Å². The summed E-state index contributed by atoms with van der Waals surface area (Å²) in [6.07, 6.45) is 1.98. The summed E-state index contributed by atoms with van der Waals surface area (Å²) >= 11 is 7.47. The zero-order valence-electron chi connectivity index (χ0n) is 15.6. The van der Waals surface area contributed by atoms with Crippen LogP contribution in [0.25, 0.3) is 10.2 Å². The van der Waals surface area contributed by atoms with Gasteiger partial charge in [0.2, 0.25) is 0 Å². The van der Waals surface area contributed by atoms with Gasteiger partial charge in [0.25, 0.3) is 5.91 Å². The van der Waals surface area contributed by atoms with Crippen LogP contribution < -0.4 is 9.64 Å². The summed E-state index contributed by atoms with van der Waals surface area (Å²) < 4.78 is 12.5. The lowest BCUT2D eigenvalue weighted by Crippen LogP contribution is -2.37. The third kappa shape index (κ3) is 3.99. The molecule has 4 rings (SSSR count). The number of carbonyl (C=O) groups is 1. The minimum atomic E-state index is -0.107. The molecule has 3 aromatic rings. The van der Waals surface area contributed by atoms with Gasteiger partial charge in [-0.05, 0) is 56.2 Å². The molecule has 2 heterocycles. The molecule has 28 heavy (non-hydrogen) atoms. The van der Waals surface area contributed by atoms with Crippen LogP contribution in [0.3, 0.4) is 0 Å². The first kappa shape index (κ1) is 19.2. The Kier molecular flexibility index (Phi) is 5.80. The van der Waals surface area contributed by atoms with E-state index in [4.69, 9.17) is 26.1 Å². The van der Waals surface area contributed by atoms with Crippen LogP contribution in [0, 0.1) is 0 Å². The molecule has 1 aromatic heterocycles. The standard InChI is InChI=1S/C21H21ClN2O3S/c1-2-26-17-6-3-7-18-19(17)23-21(28-18)24(13-16-5-4-12-27-16)20(25)14-8-10-15(22)11-9-14/h3,6-11,16H,2,4-5,12-13H2,1H3. The van der Waals surface area contributed by atoms with E-state index in [2.05, 4.69) is 0 Å². The number of anilines is 1. The van der Waals surface area contributed by atoms with Gasteiger partial charge in [0.1, 0.15) is 11.3 Å². The van der Waals surface area contributed by atoms with Crippen molar-refractivity contribution in [1.29, 1.82) is 0 Å². The molecule has 1 unspecified atom stereocenters. The smallest absolute Gasteiger partial charge is 0.260 e. The Hall–Kier alpha value is -2.15. The molecular formula is C21H21ClN2O3S. The van der Waals surface area contributed by atoms with E-state index >= 15 is 0 Å². The number of ether oxygens (including phenoxy) is 2. The molecular weight excluding hydrogens is 396 g/mol. The monoisotopic (exact) mass is 416 g/mol. The van der Waals surface area contributed by atoms with Crippen LogP contribution in [0.15, 0.2) is 42.5 Å². The molecule has 1 saturated heterocycles. The lowest BCUT2D eigenvalue weighted by Gasteiger charge is -2.23. The van der Waals surface area contributed by atoms with Gasteiger partial charge in [0.05, 0.1) is 24.0 Å². The quantitative estimate of drug-likeness (QED) is 0.556. The number of hydrogen-bond acceptors (Lipinski definition) is 5. The third-order valence-electron chi connectivity index (χ3n) is 4.65. The van der Waals surface area contributed by atoms with Crippen LogP contribution in [0.5, 0.6) is 5.75 Å². The van der Waals surface area contributed by atoms with Gasteiger partial charge >= 0.3 is 0 Å². The summed E-state index contributed by atoms with van der Waals surface area (Å²) in [4.78, 5) is 19.8. The number of amides is 1. The van der Waals surface area contributed by atoms with Crippen molar-refractivity contribution in [3.8, 4) is 5.75 Å². The van der Waals surface area contributed by atoms with Gasteiger partial charge in [-0.15, -0.1) is 0 Å². The van der Waals surface area contributed by atoms with E-state index in [1.165, 1.54) is 11.3 Å². The molecule has 146 valence electrons. The zero-order chi connectivity index (χ0) is 19.5. The normalized spacial score (nSPS) is 16.4. The van der Waals surface area contributed by atoms with Gasteiger partial charge in [-0.2, -0.15) is 0 Å². The van der Waals surface area contributed by atoms with E-state index in [1.54, 1.807) is 29.2 Å². The van der Waals surface area contributed by atoms with Crippen molar-refractivity contribution in [3.05, 3.63) is 53.1 Å². The summed E-state index contributed by atoms with van der Waals surface area (Å²) in [5, 5.41) is 1.25. The molecule has 0 bridgehead atoms. The SMILES string of the molecule is CCOc1cccc2sc(N(CC3CCCO3)C(=O)c3ccc(Cl)cc3)nc12. The Morgan fingerprint density at radius 2 is 2.14 bits per heavy atom. The topological polar surface area (TPSA) is 51.7 Å². The Morgan fingerprint density at radius 1 is 1.32 bits per heavy atom. The summed E-state index contributed by atoms with van der Waals surface area (Å²) in [6.45, 7) is 3.72. The molecule has 0 radical (unpaired) electrons. The molecule has 1 aliphatic heterocycles. The molecule has 0 saturated carbocycles. The molecule has 0 N–H and O–H groups in total. The Labute approximate surface area is 172 Å². The number of hydrogen-bond donors (Lipinski definition) is 0. The van der Waals surface area contributed by atoms with E-state index < -0.39 is 0 Å². The maximum absolute atomic E-state index is 13.3. The highest BCUT2D eigenvalue weighted by Gasteiger charge is 2.27. The third-order valence-corrected chi connectivity index (χ3v) is 5.94. The summed E-state index contributed by atoms with van der Waals surface area (Å²) in [5.41, 5.74) is 1.36. The first-order valence-electron chi connectivity index (χ1n) is 9.37. The molecule has 2 aromatic carbocycles. The summed E-state index contributed by atoms with van der Waals surface area (Å²) in [7, 11) is 0. The van der Waals surface area contributed by atoms with Crippen molar-refractivity contribution in [3.63, 3.8) is 0 Å². The number of halogens is 1. The highest BCUT2D eigenvalue weighted by Crippen LogP contribution is 2.35. The van der Waals surface area contributed by atoms with Crippen molar-refractivity contribution in [2.75, 3.05) is 24.7 Å². The van der Waals surface area contributed by atoms with E-state index in [9.17, 15) is 4.79 Å². The predicted octanol–water partition coefficient (Wildman–Crippen LogP) is 5.17. The lowest BCUT2D eigenvalue weighted by molar-refractivity contribution is 0.0917. The Bertz CT molecular complexity index is 967. The van der Waals surface area contributed by atoms with E-state index in [1.807, 2.05) is 25.1 Å². The fraction of sp³-hybridized carbons (Fsp3) is 0.333. The largest absolute Gasteiger partial charge is 0.492 e. The number of rotatable bonds is 6. The molecule has 0 spiro atoms. The van der Waals surface area contributed by atoms with Crippen LogP contribution in [-0.2, 0) is 4.74 Å². The van der Waals surface area contributed by atoms with Crippen LogP contribution in [0.2, 0.25) is 5.02 Å². The van der Waals surface area contributed by atoms with Crippen LogP contribution in [0.1, 0.15) is 30.1 Å². The second-order valence-corrected chi connectivity index (χ2v) is 8.04. The fourth-order valence-electron chi connectivity index (χ4n) is 3.29. The first-order valence-corrected chi connectivity index (χ1v) is 10.6. The fourth-order valence-corrected chi connectivity index (χ4v) is 4.40. The predicted molar refractivity (Wildman–Crippen MR) is 113 cm³/mol. The molecule has 5 nitrogen and oxygen atoms in total. The Balaban J connectivity index is 1.72. The van der Waals surface area contributed by atoms with E-state index in [0.29, 0.717) is 28.9 Å². The number of aromatic nitrogens is 1. The van der Waals surface area contributed by atoms with Crippen LogP contribution >= 0.6 is 22.9 Å². The summed E-state index contributed by atoms with van der Waals surface area (Å²) in [6, 6.07) is 12.8. The highest BCUT2D eigenvalue weighted by molar-refractivity contribution is 7.22. The first-order chi connectivity index (χ1) is 13.7. The van der Waals surface area contributed by atoms with Crippen LogP contribution in [0.4, 0.5) is 5.13 Å². The van der Waals surface area contributed by atoms with Crippen molar-refractivity contribution in [2.24, 2.45) is 0 Å². The minimum absolute atomic E-state index is 0.0228. The number of nitrogens with zero attached hydrogens (tertiary/aromatic N) is 2. The minimum Gasteiger partial charge on any atom is -0.492 e. The lowest BCUT2D eigenvalue weighted by atomic mass is 10.2. The van der Waals surface area contributed by atoms with Gasteiger partial charge < -0.3 is 9.47 Å². The second-order valence-electron chi connectivity index (χ2n) is 6.59. The van der Waals surface area contributed by atoms with Gasteiger partial charge in [-0.25, -0.2) is 4.98 Å². The maximum atomic E-state index is 13.3. The molecule has 1 amide bonds. The number of thiazole rings is 1.